The highest BCUT2D eigenvalue weighted by molar-refractivity contribution is 5.79. The van der Waals surface area contributed by atoms with Gasteiger partial charge in [0.1, 0.15) is 0 Å². The van der Waals surface area contributed by atoms with Gasteiger partial charge in [0.25, 0.3) is 0 Å². The van der Waals surface area contributed by atoms with Gasteiger partial charge in [0.05, 0.1) is 18.6 Å². The first-order valence-electron chi connectivity index (χ1n) is 6.95. The summed E-state index contributed by atoms with van der Waals surface area (Å²) >= 11 is 0. The van der Waals surface area contributed by atoms with Crippen LogP contribution in [0, 0.1) is 5.92 Å². The second-order valence-electron chi connectivity index (χ2n) is 5.12. The van der Waals surface area contributed by atoms with Crippen molar-refractivity contribution in [2.75, 3.05) is 19.7 Å². The molecule has 0 aliphatic carbocycles. The number of hydrogen-bond acceptors (Lipinski definition) is 3. The fraction of sp³-hybridized carbons (Fsp3) is 0.533. The van der Waals surface area contributed by atoms with Gasteiger partial charge in [-0.1, -0.05) is 30.3 Å². The highest BCUT2D eigenvalue weighted by Gasteiger charge is 2.22. The van der Waals surface area contributed by atoms with E-state index in [-0.39, 0.29) is 24.5 Å². The van der Waals surface area contributed by atoms with E-state index >= 15 is 0 Å². The minimum atomic E-state index is -0.197. The lowest BCUT2D eigenvalue weighted by Crippen LogP contribution is -2.46. The monoisotopic (exact) mass is 262 g/mol. The van der Waals surface area contributed by atoms with Crippen molar-refractivity contribution in [3.8, 4) is 0 Å². The van der Waals surface area contributed by atoms with Crippen molar-refractivity contribution in [3.63, 3.8) is 0 Å². The lowest BCUT2D eigenvalue weighted by molar-refractivity contribution is -0.126. The fourth-order valence-corrected chi connectivity index (χ4v) is 2.45. The minimum Gasteiger partial charge on any atom is -0.394 e. The molecule has 0 unspecified atom stereocenters. The Balaban J connectivity index is 1.86. The van der Waals surface area contributed by atoms with Crippen LogP contribution in [0.3, 0.4) is 0 Å². The molecule has 1 aromatic carbocycles. The molecule has 1 amide bonds. The third-order valence-electron chi connectivity index (χ3n) is 3.56. The molecular formula is C15H22N2O2. The SMILES string of the molecule is O=C(N[C@@H](CO)Cc1ccccc1)[C@H]1CCCNC1. The lowest BCUT2D eigenvalue weighted by Gasteiger charge is -2.24. The van der Waals surface area contributed by atoms with Gasteiger partial charge < -0.3 is 15.7 Å². The van der Waals surface area contributed by atoms with Crippen LogP contribution in [0.2, 0.25) is 0 Å². The zero-order valence-electron chi connectivity index (χ0n) is 11.1. The number of piperidine rings is 1. The maximum absolute atomic E-state index is 12.1. The molecule has 2 atom stereocenters. The lowest BCUT2D eigenvalue weighted by atomic mass is 9.98. The molecular weight excluding hydrogens is 240 g/mol. The van der Waals surface area contributed by atoms with Gasteiger partial charge >= 0.3 is 0 Å². The molecule has 0 saturated carbocycles. The Hall–Kier alpha value is -1.39. The summed E-state index contributed by atoms with van der Waals surface area (Å²) < 4.78 is 0. The Morgan fingerprint density at radius 3 is 2.84 bits per heavy atom. The molecule has 3 N–H and O–H groups in total. The van der Waals surface area contributed by atoms with E-state index in [2.05, 4.69) is 10.6 Å². The Kier molecular flexibility index (Phi) is 5.36. The fourth-order valence-electron chi connectivity index (χ4n) is 2.45. The highest BCUT2D eigenvalue weighted by Crippen LogP contribution is 2.11. The maximum atomic E-state index is 12.1. The van der Waals surface area contributed by atoms with E-state index in [1.165, 1.54) is 0 Å². The molecule has 0 aromatic heterocycles. The van der Waals surface area contributed by atoms with Gasteiger partial charge in [-0.2, -0.15) is 0 Å². The molecule has 0 spiro atoms. The van der Waals surface area contributed by atoms with Gasteiger partial charge in [0.2, 0.25) is 5.91 Å². The first-order chi connectivity index (χ1) is 9.29. The molecule has 1 aliphatic heterocycles. The zero-order chi connectivity index (χ0) is 13.5. The molecule has 104 valence electrons. The topological polar surface area (TPSA) is 61.4 Å². The standard InChI is InChI=1S/C15H22N2O2/c18-11-14(9-12-5-2-1-3-6-12)17-15(19)13-7-4-8-16-10-13/h1-3,5-6,13-14,16,18H,4,7-11H2,(H,17,19)/t13-,14+/m0/s1. The predicted molar refractivity (Wildman–Crippen MR) is 74.8 cm³/mol. The first kappa shape index (κ1) is 14.0. The predicted octanol–water partition coefficient (Wildman–Crippen LogP) is 0.706. The van der Waals surface area contributed by atoms with E-state index in [0.717, 1.165) is 31.5 Å². The van der Waals surface area contributed by atoms with Crippen molar-refractivity contribution in [2.24, 2.45) is 5.92 Å². The largest absolute Gasteiger partial charge is 0.394 e. The molecule has 1 aliphatic rings. The van der Waals surface area contributed by atoms with E-state index in [0.29, 0.717) is 6.42 Å². The van der Waals surface area contributed by atoms with Gasteiger partial charge in [-0.3, -0.25) is 4.79 Å². The van der Waals surface area contributed by atoms with Crippen molar-refractivity contribution < 1.29 is 9.90 Å². The molecule has 19 heavy (non-hydrogen) atoms. The van der Waals surface area contributed by atoms with Gasteiger partial charge in [-0.05, 0) is 31.4 Å². The number of aliphatic hydroxyl groups is 1. The smallest absolute Gasteiger partial charge is 0.224 e. The number of carbonyl (C=O) groups excluding carboxylic acids is 1. The van der Waals surface area contributed by atoms with E-state index in [1.807, 2.05) is 30.3 Å². The van der Waals surface area contributed by atoms with Crippen molar-refractivity contribution >= 4 is 5.91 Å². The van der Waals surface area contributed by atoms with Crippen LogP contribution in [0.4, 0.5) is 0 Å². The quantitative estimate of drug-likeness (QED) is 0.732. The molecule has 4 heteroatoms. The Bertz CT molecular complexity index is 388. The minimum absolute atomic E-state index is 0.0270. The summed E-state index contributed by atoms with van der Waals surface area (Å²) in [4.78, 5) is 12.1. The second-order valence-corrected chi connectivity index (χ2v) is 5.12. The number of hydrogen-bond donors (Lipinski definition) is 3. The summed E-state index contributed by atoms with van der Waals surface area (Å²) in [6.45, 7) is 1.72. The molecule has 1 heterocycles. The van der Waals surface area contributed by atoms with E-state index < -0.39 is 0 Å². The second kappa shape index (κ2) is 7.26. The Morgan fingerprint density at radius 1 is 1.42 bits per heavy atom. The highest BCUT2D eigenvalue weighted by atomic mass is 16.3. The number of benzene rings is 1. The molecule has 0 bridgehead atoms. The zero-order valence-corrected chi connectivity index (χ0v) is 11.1. The van der Waals surface area contributed by atoms with Crippen LogP contribution in [-0.4, -0.2) is 36.8 Å². The van der Waals surface area contributed by atoms with Gasteiger partial charge in [0.15, 0.2) is 0 Å². The van der Waals surface area contributed by atoms with Crippen molar-refractivity contribution in [2.45, 2.75) is 25.3 Å². The summed E-state index contributed by atoms with van der Waals surface area (Å²) in [5.41, 5.74) is 1.13. The number of amides is 1. The van der Waals surface area contributed by atoms with Crippen molar-refractivity contribution in [3.05, 3.63) is 35.9 Å². The molecule has 4 nitrogen and oxygen atoms in total. The van der Waals surface area contributed by atoms with Crippen LogP contribution >= 0.6 is 0 Å². The number of rotatable bonds is 5. The summed E-state index contributed by atoms with van der Waals surface area (Å²) in [7, 11) is 0. The van der Waals surface area contributed by atoms with Gasteiger partial charge in [-0.15, -0.1) is 0 Å². The van der Waals surface area contributed by atoms with Gasteiger partial charge in [0, 0.05) is 6.54 Å². The van der Waals surface area contributed by atoms with Crippen LogP contribution in [-0.2, 0) is 11.2 Å². The third-order valence-corrected chi connectivity index (χ3v) is 3.56. The number of aliphatic hydroxyl groups excluding tert-OH is 1. The van der Waals surface area contributed by atoms with Crippen LogP contribution in [0.5, 0.6) is 0 Å². The summed E-state index contributed by atoms with van der Waals surface area (Å²) in [6.07, 6.45) is 2.64. The third kappa shape index (κ3) is 4.33. The average molecular weight is 262 g/mol. The summed E-state index contributed by atoms with van der Waals surface area (Å²) in [5, 5.41) is 15.6. The van der Waals surface area contributed by atoms with E-state index in [1.54, 1.807) is 0 Å². The molecule has 0 radical (unpaired) electrons. The Labute approximate surface area is 114 Å². The van der Waals surface area contributed by atoms with Crippen LogP contribution < -0.4 is 10.6 Å². The summed E-state index contributed by atoms with van der Waals surface area (Å²) in [5.74, 6) is 0.0979. The molecule has 1 saturated heterocycles. The number of carbonyl (C=O) groups is 1. The van der Waals surface area contributed by atoms with Crippen LogP contribution in [0.1, 0.15) is 18.4 Å². The maximum Gasteiger partial charge on any atom is 0.224 e. The Morgan fingerprint density at radius 2 is 2.21 bits per heavy atom. The molecule has 2 rings (SSSR count). The summed E-state index contributed by atoms with van der Waals surface area (Å²) in [6, 6.07) is 9.72. The normalized spacial score (nSPS) is 20.8. The van der Waals surface area contributed by atoms with Crippen LogP contribution in [0.15, 0.2) is 30.3 Å². The van der Waals surface area contributed by atoms with Gasteiger partial charge in [-0.25, -0.2) is 0 Å². The van der Waals surface area contributed by atoms with E-state index in [9.17, 15) is 9.90 Å². The van der Waals surface area contributed by atoms with Crippen molar-refractivity contribution in [1.82, 2.24) is 10.6 Å². The molecule has 1 aromatic rings. The van der Waals surface area contributed by atoms with Crippen molar-refractivity contribution in [1.29, 1.82) is 0 Å². The van der Waals surface area contributed by atoms with Crippen LogP contribution in [0.25, 0.3) is 0 Å². The molecule has 1 fully saturated rings. The van der Waals surface area contributed by atoms with E-state index in [4.69, 9.17) is 0 Å². The number of nitrogens with one attached hydrogen (secondary N) is 2. The first-order valence-corrected chi connectivity index (χ1v) is 6.95. The average Bonchev–Trinajstić information content (AvgIpc) is 2.48.